The van der Waals surface area contributed by atoms with Gasteiger partial charge in [0, 0.05) is 20.1 Å². The summed E-state index contributed by atoms with van der Waals surface area (Å²) in [4.78, 5) is 25.0. The second-order valence-corrected chi connectivity index (χ2v) is 4.99. The first kappa shape index (κ1) is 15.2. The third kappa shape index (κ3) is 4.37. The number of ether oxygens (including phenoxy) is 1. The third-order valence-corrected chi connectivity index (χ3v) is 3.54. The van der Waals surface area contributed by atoms with Crippen LogP contribution in [0.1, 0.15) is 18.4 Å². The number of urea groups is 1. The van der Waals surface area contributed by atoms with Crippen LogP contribution in [0, 0.1) is 0 Å². The Morgan fingerprint density at radius 2 is 2.10 bits per heavy atom. The van der Waals surface area contributed by atoms with Crippen molar-refractivity contribution in [2.45, 2.75) is 25.5 Å². The lowest BCUT2D eigenvalue weighted by atomic mass is 10.2. The van der Waals surface area contributed by atoms with Gasteiger partial charge in [0.2, 0.25) is 0 Å². The fourth-order valence-corrected chi connectivity index (χ4v) is 2.39. The van der Waals surface area contributed by atoms with Crippen LogP contribution in [0.15, 0.2) is 30.3 Å². The van der Waals surface area contributed by atoms with E-state index >= 15 is 0 Å². The Balaban J connectivity index is 1.81. The Hall–Kier alpha value is -2.24. The van der Waals surface area contributed by atoms with E-state index in [2.05, 4.69) is 10.6 Å². The summed E-state index contributed by atoms with van der Waals surface area (Å²) in [6.07, 6.45) is 1.49. The number of hydrogen-bond acceptors (Lipinski definition) is 3. The first-order valence-corrected chi connectivity index (χ1v) is 7.13. The number of hydrogen-bond donors (Lipinski definition) is 2. The summed E-state index contributed by atoms with van der Waals surface area (Å²) in [5.74, 6) is 0. The van der Waals surface area contributed by atoms with Crippen LogP contribution in [0.3, 0.4) is 0 Å². The molecule has 1 aliphatic heterocycles. The fourth-order valence-electron chi connectivity index (χ4n) is 2.39. The molecule has 3 amide bonds. The lowest BCUT2D eigenvalue weighted by molar-refractivity contribution is 0.0921. The van der Waals surface area contributed by atoms with Gasteiger partial charge >= 0.3 is 12.1 Å². The molecule has 0 radical (unpaired) electrons. The average Bonchev–Trinajstić information content (AvgIpc) is 2.99. The summed E-state index contributed by atoms with van der Waals surface area (Å²) in [5.41, 5.74) is 0.963. The van der Waals surface area contributed by atoms with Crippen molar-refractivity contribution >= 4 is 12.1 Å². The number of carbonyl (C=O) groups is 2. The molecule has 1 aliphatic rings. The number of nitrogens with one attached hydrogen (secondary N) is 2. The molecule has 114 valence electrons. The fraction of sp³-hybridized carbons (Fsp3) is 0.467. The highest BCUT2D eigenvalue weighted by Crippen LogP contribution is 2.18. The Morgan fingerprint density at radius 3 is 2.81 bits per heavy atom. The van der Waals surface area contributed by atoms with E-state index in [0.29, 0.717) is 13.1 Å². The topological polar surface area (TPSA) is 70.7 Å². The Morgan fingerprint density at radius 1 is 1.33 bits per heavy atom. The van der Waals surface area contributed by atoms with Crippen LogP contribution < -0.4 is 10.6 Å². The van der Waals surface area contributed by atoms with Gasteiger partial charge in [0.1, 0.15) is 6.61 Å². The van der Waals surface area contributed by atoms with E-state index in [1.54, 1.807) is 11.9 Å². The molecule has 21 heavy (non-hydrogen) atoms. The lowest BCUT2D eigenvalue weighted by Crippen LogP contribution is -2.45. The van der Waals surface area contributed by atoms with Crippen molar-refractivity contribution in [3.8, 4) is 0 Å². The maximum Gasteiger partial charge on any atom is 0.410 e. The second-order valence-electron chi connectivity index (χ2n) is 4.99. The van der Waals surface area contributed by atoms with Gasteiger partial charge in [0.15, 0.2) is 0 Å². The zero-order valence-electron chi connectivity index (χ0n) is 12.2. The van der Waals surface area contributed by atoms with Gasteiger partial charge in [-0.25, -0.2) is 9.59 Å². The molecule has 1 aromatic carbocycles. The molecular weight excluding hydrogens is 270 g/mol. The highest BCUT2D eigenvalue weighted by molar-refractivity contribution is 5.73. The molecule has 6 nitrogen and oxygen atoms in total. The first-order valence-electron chi connectivity index (χ1n) is 7.13. The lowest BCUT2D eigenvalue weighted by Gasteiger charge is -2.24. The van der Waals surface area contributed by atoms with Gasteiger partial charge in [-0.1, -0.05) is 30.3 Å². The smallest absolute Gasteiger partial charge is 0.410 e. The quantitative estimate of drug-likeness (QED) is 0.887. The molecule has 2 N–H and O–H groups in total. The molecule has 1 atom stereocenters. The SMILES string of the molecule is CNC(=O)NC[C@H]1CCCN1C(=O)OCc1ccccc1. The van der Waals surface area contributed by atoms with E-state index in [4.69, 9.17) is 4.74 Å². The van der Waals surface area contributed by atoms with Crippen LogP contribution >= 0.6 is 0 Å². The van der Waals surface area contributed by atoms with Crippen LogP contribution in [0.5, 0.6) is 0 Å². The molecule has 1 heterocycles. The first-order chi connectivity index (χ1) is 10.2. The van der Waals surface area contributed by atoms with Crippen molar-refractivity contribution in [3.05, 3.63) is 35.9 Å². The number of carbonyl (C=O) groups excluding carboxylic acids is 2. The summed E-state index contributed by atoms with van der Waals surface area (Å²) in [5, 5.41) is 5.23. The van der Waals surface area contributed by atoms with Crippen molar-refractivity contribution in [2.24, 2.45) is 0 Å². The standard InChI is InChI=1S/C15H21N3O3/c1-16-14(19)17-10-13-8-5-9-18(13)15(20)21-11-12-6-3-2-4-7-12/h2-4,6-7,13H,5,8-11H2,1H3,(H2,16,17,19)/t13-/m1/s1. The van der Waals surface area contributed by atoms with Crippen LogP contribution in [0.4, 0.5) is 9.59 Å². The summed E-state index contributed by atoms with van der Waals surface area (Å²) in [7, 11) is 1.57. The van der Waals surface area contributed by atoms with Gasteiger partial charge in [0.05, 0.1) is 6.04 Å². The summed E-state index contributed by atoms with van der Waals surface area (Å²) < 4.78 is 5.33. The molecule has 0 aliphatic carbocycles. The molecule has 0 aromatic heterocycles. The molecule has 0 saturated carbocycles. The van der Waals surface area contributed by atoms with Crippen LogP contribution in [-0.4, -0.2) is 43.2 Å². The van der Waals surface area contributed by atoms with Gasteiger partial charge in [-0.05, 0) is 18.4 Å². The average molecular weight is 291 g/mol. The van der Waals surface area contributed by atoms with Crippen LogP contribution in [0.2, 0.25) is 0 Å². The summed E-state index contributed by atoms with van der Waals surface area (Å²) in [6, 6.07) is 9.35. The monoisotopic (exact) mass is 291 g/mol. The van der Waals surface area contributed by atoms with Crippen molar-refractivity contribution in [3.63, 3.8) is 0 Å². The molecule has 6 heteroatoms. The summed E-state index contributed by atoms with van der Waals surface area (Å²) >= 11 is 0. The second kappa shape index (κ2) is 7.52. The zero-order valence-corrected chi connectivity index (χ0v) is 12.2. The molecule has 0 spiro atoms. The van der Waals surface area contributed by atoms with Crippen molar-refractivity contribution in [1.29, 1.82) is 0 Å². The number of rotatable bonds is 4. The number of amides is 3. The van der Waals surface area contributed by atoms with Gasteiger partial charge in [0.25, 0.3) is 0 Å². The van der Waals surface area contributed by atoms with Crippen molar-refractivity contribution < 1.29 is 14.3 Å². The molecule has 0 bridgehead atoms. The zero-order chi connectivity index (χ0) is 15.1. The van der Waals surface area contributed by atoms with Gasteiger partial charge in [-0.2, -0.15) is 0 Å². The molecule has 0 unspecified atom stereocenters. The minimum absolute atomic E-state index is 0.00516. The predicted molar refractivity (Wildman–Crippen MR) is 78.8 cm³/mol. The maximum absolute atomic E-state index is 12.1. The van der Waals surface area contributed by atoms with Crippen LogP contribution in [0.25, 0.3) is 0 Å². The highest BCUT2D eigenvalue weighted by Gasteiger charge is 2.29. The minimum Gasteiger partial charge on any atom is -0.445 e. The third-order valence-electron chi connectivity index (χ3n) is 3.54. The van der Waals surface area contributed by atoms with E-state index in [1.807, 2.05) is 30.3 Å². The van der Waals surface area contributed by atoms with Crippen molar-refractivity contribution in [2.75, 3.05) is 20.1 Å². The van der Waals surface area contributed by atoms with E-state index in [0.717, 1.165) is 18.4 Å². The number of benzene rings is 1. The number of likely N-dealkylation sites (tertiary alicyclic amines) is 1. The number of nitrogens with zero attached hydrogens (tertiary/aromatic N) is 1. The van der Waals surface area contributed by atoms with Crippen LogP contribution in [-0.2, 0) is 11.3 Å². The normalized spacial score (nSPS) is 17.4. The van der Waals surface area contributed by atoms with Gasteiger partial charge in [-0.3, -0.25) is 0 Å². The highest BCUT2D eigenvalue weighted by atomic mass is 16.6. The molecule has 1 aromatic rings. The molecule has 2 rings (SSSR count). The molecule has 1 saturated heterocycles. The Labute approximate surface area is 124 Å². The van der Waals surface area contributed by atoms with E-state index < -0.39 is 0 Å². The molecular formula is C15H21N3O3. The summed E-state index contributed by atoms with van der Waals surface area (Å²) in [6.45, 7) is 1.39. The van der Waals surface area contributed by atoms with E-state index in [1.165, 1.54) is 0 Å². The maximum atomic E-state index is 12.1. The predicted octanol–water partition coefficient (Wildman–Crippen LogP) is 1.72. The molecule has 1 fully saturated rings. The van der Waals surface area contributed by atoms with Gasteiger partial charge < -0.3 is 20.3 Å². The Bertz CT molecular complexity index is 478. The largest absolute Gasteiger partial charge is 0.445 e. The van der Waals surface area contributed by atoms with E-state index in [-0.39, 0.29) is 24.8 Å². The van der Waals surface area contributed by atoms with Crippen molar-refractivity contribution in [1.82, 2.24) is 15.5 Å². The van der Waals surface area contributed by atoms with E-state index in [9.17, 15) is 9.59 Å². The Kier molecular flexibility index (Phi) is 5.43. The minimum atomic E-state index is -0.319. The van der Waals surface area contributed by atoms with Gasteiger partial charge in [-0.15, -0.1) is 0 Å².